The molecule has 1 saturated heterocycles. The number of hydrogen-bond acceptors (Lipinski definition) is 5. The van der Waals surface area contributed by atoms with Crippen LogP contribution < -0.4 is 9.64 Å². The summed E-state index contributed by atoms with van der Waals surface area (Å²) in [6, 6.07) is 7.72. The third-order valence-corrected chi connectivity index (χ3v) is 6.97. The first-order valence-electron chi connectivity index (χ1n) is 9.77. The third-order valence-electron chi connectivity index (χ3n) is 5.19. The number of rotatable bonds is 3. The van der Waals surface area contributed by atoms with E-state index in [2.05, 4.69) is 4.74 Å². The number of ether oxygens (including phenoxy) is 1. The number of alkyl halides is 3. The molecule has 0 spiro atoms. The molecule has 11 heteroatoms. The van der Waals surface area contributed by atoms with Gasteiger partial charge in [-0.05, 0) is 49.6 Å². The number of anilines is 2. The summed E-state index contributed by atoms with van der Waals surface area (Å²) in [6.45, 7) is 0.799. The van der Waals surface area contributed by atoms with Crippen LogP contribution in [-0.4, -0.2) is 38.7 Å². The van der Waals surface area contributed by atoms with Gasteiger partial charge >= 0.3 is 6.36 Å². The first-order chi connectivity index (χ1) is 15.1. The lowest BCUT2D eigenvalue weighted by molar-refractivity contribution is -0.274. The minimum absolute atomic E-state index is 0.0671. The SMILES string of the molecule is O=C(C1=CN(c2cccc(OC(F)(F)F)c2)c2cc(F)ccc2S1(=O)=O)N1CCCCC1. The number of benzene rings is 2. The molecule has 0 aromatic heterocycles. The molecule has 1 amide bonds. The first kappa shape index (κ1) is 22.1. The van der Waals surface area contributed by atoms with Crippen molar-refractivity contribution >= 4 is 27.1 Å². The van der Waals surface area contributed by atoms with Crippen molar-refractivity contribution in [2.75, 3.05) is 18.0 Å². The van der Waals surface area contributed by atoms with Crippen LogP contribution in [0.25, 0.3) is 0 Å². The number of halogens is 4. The summed E-state index contributed by atoms with van der Waals surface area (Å²) in [4.78, 5) is 14.9. The molecule has 0 atom stereocenters. The Balaban J connectivity index is 1.84. The first-order valence-corrected chi connectivity index (χ1v) is 11.3. The Morgan fingerprint density at radius 1 is 1.00 bits per heavy atom. The molecular weight excluding hydrogens is 452 g/mol. The van der Waals surface area contributed by atoms with E-state index in [-0.39, 0.29) is 16.3 Å². The highest BCUT2D eigenvalue weighted by molar-refractivity contribution is 7.96. The maximum Gasteiger partial charge on any atom is 0.573 e. The Hall–Kier alpha value is -3.08. The zero-order chi connectivity index (χ0) is 23.1. The van der Waals surface area contributed by atoms with E-state index < -0.39 is 38.6 Å². The Kier molecular flexibility index (Phi) is 5.61. The van der Waals surface area contributed by atoms with Gasteiger partial charge in [-0.2, -0.15) is 0 Å². The van der Waals surface area contributed by atoms with Crippen molar-refractivity contribution in [1.29, 1.82) is 0 Å². The molecule has 2 aromatic rings. The minimum atomic E-state index is -4.93. The van der Waals surface area contributed by atoms with E-state index in [1.54, 1.807) is 0 Å². The average Bonchev–Trinajstić information content (AvgIpc) is 2.73. The van der Waals surface area contributed by atoms with Gasteiger partial charge in [0.2, 0.25) is 9.84 Å². The molecule has 0 saturated carbocycles. The van der Waals surface area contributed by atoms with Crippen molar-refractivity contribution in [2.24, 2.45) is 0 Å². The molecule has 6 nitrogen and oxygen atoms in total. The zero-order valence-electron chi connectivity index (χ0n) is 16.6. The maximum atomic E-state index is 14.0. The van der Waals surface area contributed by atoms with Gasteiger partial charge in [-0.1, -0.05) is 6.07 Å². The summed E-state index contributed by atoms with van der Waals surface area (Å²) in [5, 5.41) is 0. The lowest BCUT2D eigenvalue weighted by atomic mass is 10.1. The van der Waals surface area contributed by atoms with E-state index in [1.807, 2.05) is 0 Å². The molecule has 170 valence electrons. The molecule has 0 aliphatic carbocycles. The van der Waals surface area contributed by atoms with E-state index in [0.29, 0.717) is 13.1 Å². The fraction of sp³-hybridized carbons (Fsp3) is 0.286. The molecule has 4 rings (SSSR count). The van der Waals surface area contributed by atoms with Gasteiger partial charge in [0.1, 0.15) is 11.6 Å². The van der Waals surface area contributed by atoms with Gasteiger partial charge in [0, 0.05) is 31.0 Å². The van der Waals surface area contributed by atoms with Crippen LogP contribution in [-0.2, 0) is 14.6 Å². The number of amides is 1. The van der Waals surface area contributed by atoms with E-state index >= 15 is 0 Å². The molecule has 2 aromatic carbocycles. The Bertz CT molecular complexity index is 1190. The van der Waals surface area contributed by atoms with Crippen molar-refractivity contribution in [2.45, 2.75) is 30.5 Å². The summed E-state index contributed by atoms with van der Waals surface area (Å²) >= 11 is 0. The lowest BCUT2D eigenvalue weighted by Gasteiger charge is -2.32. The quantitative estimate of drug-likeness (QED) is 0.488. The van der Waals surface area contributed by atoms with Gasteiger partial charge in [0.05, 0.1) is 10.6 Å². The number of hydrogen-bond donors (Lipinski definition) is 0. The molecule has 2 aliphatic rings. The van der Waals surface area contributed by atoms with Crippen LogP contribution in [0.1, 0.15) is 19.3 Å². The molecule has 0 bridgehead atoms. The van der Waals surface area contributed by atoms with Gasteiger partial charge in [0.25, 0.3) is 5.91 Å². The van der Waals surface area contributed by atoms with E-state index in [9.17, 15) is 30.8 Å². The molecule has 1 fully saturated rings. The fourth-order valence-electron chi connectivity index (χ4n) is 3.75. The van der Waals surface area contributed by atoms with Crippen LogP contribution in [0.4, 0.5) is 28.9 Å². The van der Waals surface area contributed by atoms with Crippen LogP contribution in [0.15, 0.2) is 58.5 Å². The average molecular weight is 470 g/mol. The number of fused-ring (bicyclic) bond motifs is 1. The van der Waals surface area contributed by atoms with Crippen LogP contribution in [0.2, 0.25) is 0 Å². The van der Waals surface area contributed by atoms with Gasteiger partial charge in [0.15, 0.2) is 4.91 Å². The van der Waals surface area contributed by atoms with Gasteiger partial charge in [-0.3, -0.25) is 4.79 Å². The van der Waals surface area contributed by atoms with E-state index in [0.717, 1.165) is 55.8 Å². The van der Waals surface area contributed by atoms with Crippen LogP contribution in [0.5, 0.6) is 5.75 Å². The number of sulfone groups is 1. The Morgan fingerprint density at radius 2 is 1.72 bits per heavy atom. The number of piperidine rings is 1. The van der Waals surface area contributed by atoms with Crippen molar-refractivity contribution < 1.29 is 35.5 Å². The van der Waals surface area contributed by atoms with Gasteiger partial charge < -0.3 is 14.5 Å². The van der Waals surface area contributed by atoms with Gasteiger partial charge in [-0.25, -0.2) is 12.8 Å². The van der Waals surface area contributed by atoms with Crippen molar-refractivity contribution in [3.63, 3.8) is 0 Å². The smallest absolute Gasteiger partial charge is 0.406 e. The molecular formula is C21H18F4N2O4S. The largest absolute Gasteiger partial charge is 0.573 e. The number of nitrogens with zero attached hydrogens (tertiary/aromatic N) is 2. The van der Waals surface area contributed by atoms with Crippen LogP contribution >= 0.6 is 0 Å². The highest BCUT2D eigenvalue weighted by Crippen LogP contribution is 2.41. The Labute approximate surface area is 181 Å². The topological polar surface area (TPSA) is 66.9 Å². The monoisotopic (exact) mass is 470 g/mol. The van der Waals surface area contributed by atoms with E-state index in [4.69, 9.17) is 0 Å². The van der Waals surface area contributed by atoms with Crippen LogP contribution in [0, 0.1) is 5.82 Å². The minimum Gasteiger partial charge on any atom is -0.406 e. The number of carbonyl (C=O) groups is 1. The predicted octanol–water partition coefficient (Wildman–Crippen LogP) is 4.50. The number of likely N-dealkylation sites (tertiary alicyclic amines) is 1. The summed E-state index contributed by atoms with van der Waals surface area (Å²) < 4.78 is 82.3. The standard InChI is InChI=1S/C21H18F4N2O4S/c22-14-7-8-18-17(11-14)27(15-5-4-6-16(12-15)31-21(23,24)25)13-19(32(18,29)30)20(28)26-9-2-1-3-10-26/h4-8,11-13H,1-3,9-10H2. The van der Waals surface area contributed by atoms with Crippen molar-refractivity contribution in [3.8, 4) is 5.75 Å². The van der Waals surface area contributed by atoms with Crippen molar-refractivity contribution in [3.05, 3.63) is 59.4 Å². The number of carbonyl (C=O) groups excluding carboxylic acids is 1. The Morgan fingerprint density at radius 3 is 2.41 bits per heavy atom. The summed E-state index contributed by atoms with van der Waals surface area (Å²) in [6.07, 6.45) is -1.50. The van der Waals surface area contributed by atoms with Crippen molar-refractivity contribution in [1.82, 2.24) is 4.90 Å². The zero-order valence-corrected chi connectivity index (χ0v) is 17.4. The lowest BCUT2D eigenvalue weighted by Crippen LogP contribution is -2.39. The molecule has 32 heavy (non-hydrogen) atoms. The molecule has 2 heterocycles. The molecule has 2 aliphatic heterocycles. The molecule has 0 radical (unpaired) electrons. The second-order valence-electron chi connectivity index (χ2n) is 7.38. The maximum absolute atomic E-state index is 14.0. The second-order valence-corrected chi connectivity index (χ2v) is 9.26. The summed E-state index contributed by atoms with van der Waals surface area (Å²) in [7, 11) is -4.28. The normalized spacial score (nSPS) is 18.1. The summed E-state index contributed by atoms with van der Waals surface area (Å²) in [5.74, 6) is -1.99. The second kappa shape index (κ2) is 8.12. The van der Waals surface area contributed by atoms with Gasteiger partial charge in [-0.15, -0.1) is 13.2 Å². The fourth-order valence-corrected chi connectivity index (χ4v) is 5.27. The predicted molar refractivity (Wildman–Crippen MR) is 107 cm³/mol. The van der Waals surface area contributed by atoms with Crippen LogP contribution in [0.3, 0.4) is 0 Å². The highest BCUT2D eigenvalue weighted by Gasteiger charge is 2.38. The molecule has 0 N–H and O–H groups in total. The summed E-state index contributed by atoms with van der Waals surface area (Å²) in [5.41, 5.74) is -0.0539. The third kappa shape index (κ3) is 4.29. The highest BCUT2D eigenvalue weighted by atomic mass is 32.2. The molecule has 0 unspecified atom stereocenters. The van der Waals surface area contributed by atoms with E-state index in [1.165, 1.54) is 21.9 Å².